The summed E-state index contributed by atoms with van der Waals surface area (Å²) in [6, 6.07) is 2.04. The second kappa shape index (κ2) is 3.79. The van der Waals surface area contributed by atoms with Gasteiger partial charge in [0.15, 0.2) is 0 Å². The number of aliphatic hydroxyl groups is 1. The molecule has 0 radical (unpaired) electrons. The first kappa shape index (κ1) is 10.4. The van der Waals surface area contributed by atoms with Crippen LogP contribution in [0, 0.1) is 13.8 Å². The van der Waals surface area contributed by atoms with Crippen LogP contribution in [0.4, 0.5) is 0 Å². The highest BCUT2D eigenvalue weighted by Crippen LogP contribution is 2.30. The lowest BCUT2D eigenvalue weighted by Gasteiger charge is -2.04. The number of aryl methyl sites for hydroxylation is 3. The summed E-state index contributed by atoms with van der Waals surface area (Å²) in [4.78, 5) is 2.24. The molecule has 0 spiro atoms. The average Bonchev–Trinajstić information content (AvgIpc) is 2.74. The van der Waals surface area contributed by atoms with Crippen LogP contribution in [0.3, 0.4) is 0 Å². The van der Waals surface area contributed by atoms with Crippen LogP contribution in [-0.4, -0.2) is 14.9 Å². The molecule has 1 N–H and O–H groups in total. The Morgan fingerprint density at radius 1 is 1.47 bits per heavy atom. The van der Waals surface area contributed by atoms with Crippen molar-refractivity contribution in [3.63, 3.8) is 0 Å². The monoisotopic (exact) mass is 222 g/mol. The molecule has 80 valence electrons. The maximum atomic E-state index is 10.1. The molecule has 0 aliphatic heterocycles. The second-order valence-electron chi connectivity index (χ2n) is 3.74. The van der Waals surface area contributed by atoms with E-state index in [2.05, 4.69) is 18.9 Å². The van der Waals surface area contributed by atoms with Crippen LogP contribution in [0.2, 0.25) is 0 Å². The van der Waals surface area contributed by atoms with Gasteiger partial charge >= 0.3 is 0 Å². The third-order valence-electron chi connectivity index (χ3n) is 2.50. The smallest absolute Gasteiger partial charge is 0.116 e. The van der Waals surface area contributed by atoms with Crippen molar-refractivity contribution < 1.29 is 5.11 Å². The van der Waals surface area contributed by atoms with Gasteiger partial charge in [-0.15, -0.1) is 11.3 Å². The molecule has 0 bridgehead atoms. The van der Waals surface area contributed by atoms with E-state index >= 15 is 0 Å². The van der Waals surface area contributed by atoms with Crippen molar-refractivity contribution in [1.82, 2.24) is 9.78 Å². The maximum Gasteiger partial charge on any atom is 0.116 e. The summed E-state index contributed by atoms with van der Waals surface area (Å²) in [6.07, 6.45) is 3.00. The Kier molecular flexibility index (Phi) is 2.63. The molecule has 0 aliphatic rings. The van der Waals surface area contributed by atoms with Gasteiger partial charge < -0.3 is 5.11 Å². The Labute approximate surface area is 93.0 Å². The second-order valence-corrected chi connectivity index (χ2v) is 5.03. The number of aliphatic hydroxyl groups excluding tert-OH is 1. The zero-order valence-electron chi connectivity index (χ0n) is 9.06. The molecule has 2 aromatic heterocycles. The number of hydrogen-bond acceptors (Lipinski definition) is 3. The van der Waals surface area contributed by atoms with E-state index in [-0.39, 0.29) is 0 Å². The van der Waals surface area contributed by atoms with Crippen LogP contribution in [0.15, 0.2) is 18.5 Å². The fourth-order valence-corrected chi connectivity index (χ4v) is 2.54. The van der Waals surface area contributed by atoms with Crippen molar-refractivity contribution in [3.05, 3.63) is 39.3 Å². The quantitative estimate of drug-likeness (QED) is 0.845. The van der Waals surface area contributed by atoms with Crippen molar-refractivity contribution >= 4 is 11.3 Å². The van der Waals surface area contributed by atoms with Crippen LogP contribution in [0.25, 0.3) is 0 Å². The van der Waals surface area contributed by atoms with Crippen LogP contribution < -0.4 is 0 Å². The highest BCUT2D eigenvalue weighted by Gasteiger charge is 2.15. The molecule has 0 fully saturated rings. The van der Waals surface area contributed by atoms with Gasteiger partial charge in [-0.05, 0) is 25.5 Å². The van der Waals surface area contributed by atoms with Crippen molar-refractivity contribution in [2.45, 2.75) is 20.0 Å². The highest BCUT2D eigenvalue weighted by molar-refractivity contribution is 7.12. The first-order valence-corrected chi connectivity index (χ1v) is 5.63. The Morgan fingerprint density at radius 3 is 2.67 bits per heavy atom. The molecule has 2 heterocycles. The summed E-state index contributed by atoms with van der Waals surface area (Å²) in [5.74, 6) is 0. The summed E-state index contributed by atoms with van der Waals surface area (Å²) in [5.41, 5.74) is 2.08. The lowest BCUT2D eigenvalue weighted by atomic mass is 10.1. The third-order valence-corrected chi connectivity index (χ3v) is 3.70. The molecule has 4 heteroatoms. The Balaban J connectivity index is 2.31. The molecular weight excluding hydrogens is 208 g/mol. The van der Waals surface area contributed by atoms with E-state index in [0.717, 1.165) is 10.4 Å². The lowest BCUT2D eigenvalue weighted by molar-refractivity contribution is 0.224. The summed E-state index contributed by atoms with van der Waals surface area (Å²) in [7, 11) is 1.85. The topological polar surface area (TPSA) is 38.1 Å². The fraction of sp³-hybridized carbons (Fsp3) is 0.364. The van der Waals surface area contributed by atoms with Gasteiger partial charge in [-0.1, -0.05) is 0 Å². The van der Waals surface area contributed by atoms with E-state index in [9.17, 15) is 5.11 Å². The van der Waals surface area contributed by atoms with Crippen molar-refractivity contribution in [2.75, 3.05) is 0 Å². The van der Waals surface area contributed by atoms with Gasteiger partial charge in [0.05, 0.1) is 6.20 Å². The molecule has 0 saturated heterocycles. The largest absolute Gasteiger partial charge is 0.383 e. The number of hydrogen-bond donors (Lipinski definition) is 1. The van der Waals surface area contributed by atoms with Crippen LogP contribution in [0.1, 0.15) is 27.0 Å². The molecule has 0 aliphatic carbocycles. The Bertz CT molecular complexity index is 453. The number of aromatic nitrogens is 2. The molecule has 2 aromatic rings. The molecule has 0 saturated carbocycles. The van der Waals surface area contributed by atoms with E-state index in [4.69, 9.17) is 0 Å². The molecule has 1 unspecified atom stereocenters. The maximum absolute atomic E-state index is 10.1. The normalized spacial score (nSPS) is 13.1. The van der Waals surface area contributed by atoms with Crippen LogP contribution >= 0.6 is 11.3 Å². The summed E-state index contributed by atoms with van der Waals surface area (Å²) < 4.78 is 1.70. The predicted octanol–water partition coefficient (Wildman–Crippen LogP) is 2.18. The summed E-state index contributed by atoms with van der Waals surface area (Å²) in [6.45, 7) is 4.13. The minimum absolute atomic E-state index is 0.545. The van der Waals surface area contributed by atoms with Gasteiger partial charge in [0.25, 0.3) is 0 Å². The summed E-state index contributed by atoms with van der Waals surface area (Å²) in [5, 5.41) is 14.2. The minimum atomic E-state index is -0.545. The molecule has 0 aromatic carbocycles. The van der Waals surface area contributed by atoms with Gasteiger partial charge in [-0.2, -0.15) is 5.10 Å². The lowest BCUT2D eigenvalue weighted by Crippen LogP contribution is -1.95. The van der Waals surface area contributed by atoms with Crippen LogP contribution in [0.5, 0.6) is 0 Å². The molecule has 3 nitrogen and oxygen atoms in total. The Morgan fingerprint density at radius 2 is 2.20 bits per heavy atom. The van der Waals surface area contributed by atoms with Gasteiger partial charge in [0, 0.05) is 28.6 Å². The third kappa shape index (κ3) is 1.96. The van der Waals surface area contributed by atoms with Crippen molar-refractivity contribution in [1.29, 1.82) is 0 Å². The number of thiophene rings is 1. The molecule has 1 atom stereocenters. The van der Waals surface area contributed by atoms with Gasteiger partial charge in [0.2, 0.25) is 0 Å². The Hall–Kier alpha value is -1.13. The van der Waals surface area contributed by atoms with Gasteiger partial charge in [-0.3, -0.25) is 4.68 Å². The van der Waals surface area contributed by atoms with E-state index in [0.29, 0.717) is 0 Å². The van der Waals surface area contributed by atoms with E-state index in [1.807, 2.05) is 19.3 Å². The first-order valence-electron chi connectivity index (χ1n) is 4.81. The highest BCUT2D eigenvalue weighted by atomic mass is 32.1. The molecular formula is C11H14N2OS. The van der Waals surface area contributed by atoms with Crippen molar-refractivity contribution in [3.8, 4) is 0 Å². The van der Waals surface area contributed by atoms with Gasteiger partial charge in [-0.25, -0.2) is 0 Å². The minimum Gasteiger partial charge on any atom is -0.383 e. The molecule has 2 rings (SSSR count). The number of rotatable bonds is 2. The average molecular weight is 222 g/mol. The predicted molar refractivity (Wildman–Crippen MR) is 61.1 cm³/mol. The van der Waals surface area contributed by atoms with Gasteiger partial charge in [0.1, 0.15) is 6.10 Å². The van der Waals surface area contributed by atoms with Crippen LogP contribution in [-0.2, 0) is 7.05 Å². The molecule has 15 heavy (non-hydrogen) atoms. The standard InChI is InChI=1S/C11H14N2OS/c1-7-4-10(15-8(7)2)11(14)9-5-12-13(3)6-9/h4-6,11,14H,1-3H3. The van der Waals surface area contributed by atoms with E-state index in [1.165, 1.54) is 10.4 Å². The summed E-state index contributed by atoms with van der Waals surface area (Å²) >= 11 is 1.64. The van der Waals surface area contributed by atoms with E-state index in [1.54, 1.807) is 22.2 Å². The SMILES string of the molecule is Cc1cc(C(O)c2cnn(C)c2)sc1C. The van der Waals surface area contributed by atoms with E-state index < -0.39 is 6.10 Å². The fourth-order valence-electron chi connectivity index (χ4n) is 1.48. The zero-order valence-corrected chi connectivity index (χ0v) is 9.88. The number of nitrogens with zero attached hydrogens (tertiary/aromatic N) is 2. The zero-order chi connectivity index (χ0) is 11.0. The molecule has 0 amide bonds. The first-order chi connectivity index (χ1) is 7.08. The van der Waals surface area contributed by atoms with Crippen molar-refractivity contribution in [2.24, 2.45) is 7.05 Å².